The fourth-order valence-corrected chi connectivity index (χ4v) is 3.62. The molecule has 0 aromatic carbocycles. The summed E-state index contributed by atoms with van der Waals surface area (Å²) in [6.45, 7) is 1.05. The minimum absolute atomic E-state index is 0.197. The molecule has 0 amide bonds. The number of ether oxygens (including phenoxy) is 1. The number of imidazole rings is 1. The number of nitrogens with zero attached hydrogens (tertiary/aromatic N) is 4. The molecule has 0 radical (unpaired) electrons. The second-order valence-electron chi connectivity index (χ2n) is 5.47. The Labute approximate surface area is 137 Å². The SMILES string of the molecule is O=C(OCc1cn2ccccc2n1)[C@H]1CCCN1c1nccs1. The van der Waals surface area contributed by atoms with E-state index < -0.39 is 0 Å². The molecule has 0 unspecified atom stereocenters. The van der Waals surface area contributed by atoms with Gasteiger partial charge in [0.05, 0.1) is 5.69 Å². The van der Waals surface area contributed by atoms with Gasteiger partial charge in [0.1, 0.15) is 18.3 Å². The average Bonchev–Trinajstić information content (AvgIpc) is 3.31. The van der Waals surface area contributed by atoms with E-state index in [9.17, 15) is 4.79 Å². The summed E-state index contributed by atoms with van der Waals surface area (Å²) in [6, 6.07) is 5.56. The number of carbonyl (C=O) groups excluding carboxylic acids is 1. The van der Waals surface area contributed by atoms with Crippen molar-refractivity contribution in [2.24, 2.45) is 0 Å². The van der Waals surface area contributed by atoms with Gasteiger partial charge < -0.3 is 14.0 Å². The molecule has 0 bridgehead atoms. The molecule has 0 aliphatic carbocycles. The Balaban J connectivity index is 1.43. The van der Waals surface area contributed by atoms with Crippen LogP contribution in [-0.4, -0.2) is 32.9 Å². The zero-order valence-electron chi connectivity index (χ0n) is 12.5. The molecular weight excluding hydrogens is 312 g/mol. The number of esters is 1. The van der Waals surface area contributed by atoms with Gasteiger partial charge in [0, 0.05) is 30.5 Å². The van der Waals surface area contributed by atoms with Crippen LogP contribution in [0.25, 0.3) is 5.65 Å². The highest BCUT2D eigenvalue weighted by atomic mass is 32.1. The number of fused-ring (bicyclic) bond motifs is 1. The van der Waals surface area contributed by atoms with E-state index in [2.05, 4.69) is 9.97 Å². The van der Waals surface area contributed by atoms with Crippen LogP contribution in [-0.2, 0) is 16.1 Å². The molecule has 1 aliphatic rings. The second-order valence-corrected chi connectivity index (χ2v) is 6.35. The largest absolute Gasteiger partial charge is 0.458 e. The van der Waals surface area contributed by atoms with E-state index in [1.165, 1.54) is 0 Å². The Morgan fingerprint density at radius 1 is 1.43 bits per heavy atom. The summed E-state index contributed by atoms with van der Waals surface area (Å²) in [6.07, 6.45) is 7.36. The van der Waals surface area contributed by atoms with Crippen molar-refractivity contribution in [3.8, 4) is 0 Å². The lowest BCUT2D eigenvalue weighted by Crippen LogP contribution is -2.37. The van der Waals surface area contributed by atoms with Gasteiger partial charge in [-0.25, -0.2) is 14.8 Å². The van der Waals surface area contributed by atoms with E-state index in [1.54, 1.807) is 17.5 Å². The Morgan fingerprint density at radius 2 is 2.39 bits per heavy atom. The summed E-state index contributed by atoms with van der Waals surface area (Å²) in [5.41, 5.74) is 1.60. The molecule has 23 heavy (non-hydrogen) atoms. The standard InChI is InChI=1S/C16H16N4O2S/c21-15(13-4-3-8-20(13)16-17-6-9-23-16)22-11-12-10-19-7-2-1-5-14(19)18-12/h1-2,5-7,9-10,13H,3-4,8,11H2/t13-/m1/s1. The summed E-state index contributed by atoms with van der Waals surface area (Å²) in [5, 5.41) is 2.81. The minimum atomic E-state index is -0.238. The van der Waals surface area contributed by atoms with Crippen LogP contribution in [0.4, 0.5) is 5.13 Å². The molecule has 4 heterocycles. The second kappa shape index (κ2) is 6.00. The molecule has 4 rings (SSSR count). The zero-order chi connectivity index (χ0) is 15.6. The number of anilines is 1. The van der Waals surface area contributed by atoms with Crippen LogP contribution in [0.5, 0.6) is 0 Å². The summed E-state index contributed by atoms with van der Waals surface area (Å²) in [7, 11) is 0. The van der Waals surface area contributed by atoms with Gasteiger partial charge in [-0.15, -0.1) is 11.3 Å². The quantitative estimate of drug-likeness (QED) is 0.689. The van der Waals surface area contributed by atoms with Gasteiger partial charge >= 0.3 is 5.97 Å². The normalized spacial score (nSPS) is 17.7. The van der Waals surface area contributed by atoms with Crippen molar-refractivity contribution in [1.82, 2.24) is 14.4 Å². The molecule has 118 valence electrons. The highest BCUT2D eigenvalue weighted by Gasteiger charge is 2.33. The topological polar surface area (TPSA) is 59.7 Å². The van der Waals surface area contributed by atoms with Crippen LogP contribution in [0.3, 0.4) is 0 Å². The van der Waals surface area contributed by atoms with E-state index >= 15 is 0 Å². The lowest BCUT2D eigenvalue weighted by atomic mass is 10.2. The van der Waals surface area contributed by atoms with Crippen molar-refractivity contribution in [2.45, 2.75) is 25.5 Å². The molecule has 1 aliphatic heterocycles. The first-order chi connectivity index (χ1) is 11.3. The molecule has 0 saturated carbocycles. The van der Waals surface area contributed by atoms with Crippen molar-refractivity contribution < 1.29 is 9.53 Å². The molecule has 1 fully saturated rings. The highest BCUT2D eigenvalue weighted by molar-refractivity contribution is 7.13. The lowest BCUT2D eigenvalue weighted by molar-refractivity contribution is -0.146. The van der Waals surface area contributed by atoms with Gasteiger partial charge in [0.15, 0.2) is 5.13 Å². The smallest absolute Gasteiger partial charge is 0.329 e. The fourth-order valence-electron chi connectivity index (χ4n) is 2.90. The Hall–Kier alpha value is -2.41. The third-order valence-corrected chi connectivity index (χ3v) is 4.77. The van der Waals surface area contributed by atoms with E-state index in [1.807, 2.05) is 45.3 Å². The lowest BCUT2D eigenvalue weighted by Gasteiger charge is -2.22. The fraction of sp³-hybridized carbons (Fsp3) is 0.312. The summed E-state index contributed by atoms with van der Waals surface area (Å²) in [5.74, 6) is -0.199. The minimum Gasteiger partial charge on any atom is -0.458 e. The average molecular weight is 328 g/mol. The van der Waals surface area contributed by atoms with Crippen molar-refractivity contribution in [1.29, 1.82) is 0 Å². The van der Waals surface area contributed by atoms with Crippen molar-refractivity contribution >= 4 is 28.1 Å². The third kappa shape index (κ3) is 2.79. The van der Waals surface area contributed by atoms with Gasteiger partial charge in [0.25, 0.3) is 0 Å². The predicted octanol–water partition coefficient (Wildman–Crippen LogP) is 2.50. The number of pyridine rings is 1. The number of hydrogen-bond acceptors (Lipinski definition) is 6. The third-order valence-electron chi connectivity index (χ3n) is 3.97. The zero-order valence-corrected chi connectivity index (χ0v) is 13.3. The Bertz CT molecular complexity index is 781. The molecule has 3 aromatic rings. The maximum absolute atomic E-state index is 12.4. The highest BCUT2D eigenvalue weighted by Crippen LogP contribution is 2.28. The molecule has 3 aromatic heterocycles. The van der Waals surface area contributed by atoms with Gasteiger partial charge in [-0.3, -0.25) is 0 Å². The van der Waals surface area contributed by atoms with Crippen molar-refractivity contribution in [2.75, 3.05) is 11.4 Å². The van der Waals surface area contributed by atoms with Crippen LogP contribution in [0.1, 0.15) is 18.5 Å². The molecule has 0 N–H and O–H groups in total. The maximum atomic E-state index is 12.4. The molecular formula is C16H16N4O2S. The molecule has 7 heteroatoms. The van der Waals surface area contributed by atoms with Gasteiger partial charge in [-0.2, -0.15) is 0 Å². The van der Waals surface area contributed by atoms with E-state index in [0.717, 1.165) is 35.9 Å². The van der Waals surface area contributed by atoms with Gasteiger partial charge in [-0.05, 0) is 25.0 Å². The number of rotatable bonds is 4. The van der Waals surface area contributed by atoms with Gasteiger partial charge in [0.2, 0.25) is 0 Å². The van der Waals surface area contributed by atoms with Crippen LogP contribution < -0.4 is 4.90 Å². The predicted molar refractivity (Wildman–Crippen MR) is 87.5 cm³/mol. The Morgan fingerprint density at radius 3 is 3.22 bits per heavy atom. The van der Waals surface area contributed by atoms with Crippen molar-refractivity contribution in [3.63, 3.8) is 0 Å². The number of thiazole rings is 1. The van der Waals surface area contributed by atoms with E-state index in [-0.39, 0.29) is 18.6 Å². The monoisotopic (exact) mass is 328 g/mol. The summed E-state index contributed by atoms with van der Waals surface area (Å²) < 4.78 is 7.41. The number of aromatic nitrogens is 3. The molecule has 1 saturated heterocycles. The Kier molecular flexibility index (Phi) is 3.70. The first-order valence-electron chi connectivity index (χ1n) is 7.56. The van der Waals surface area contributed by atoms with Gasteiger partial charge in [-0.1, -0.05) is 6.07 Å². The van der Waals surface area contributed by atoms with Crippen molar-refractivity contribution in [3.05, 3.63) is 47.9 Å². The maximum Gasteiger partial charge on any atom is 0.329 e. The van der Waals surface area contributed by atoms with Crippen LogP contribution in [0.2, 0.25) is 0 Å². The first-order valence-corrected chi connectivity index (χ1v) is 8.44. The molecule has 6 nitrogen and oxygen atoms in total. The van der Waals surface area contributed by atoms with Crippen LogP contribution in [0.15, 0.2) is 42.2 Å². The number of carbonyl (C=O) groups is 1. The summed E-state index contributed by atoms with van der Waals surface area (Å²) in [4.78, 5) is 23.2. The molecule has 0 spiro atoms. The van der Waals surface area contributed by atoms with E-state index in [4.69, 9.17) is 4.74 Å². The number of hydrogen-bond donors (Lipinski definition) is 0. The van der Waals surface area contributed by atoms with Crippen LogP contribution >= 0.6 is 11.3 Å². The van der Waals surface area contributed by atoms with Crippen LogP contribution in [0, 0.1) is 0 Å². The summed E-state index contributed by atoms with van der Waals surface area (Å²) >= 11 is 1.55. The van der Waals surface area contributed by atoms with E-state index in [0.29, 0.717) is 0 Å². The molecule has 1 atom stereocenters. The first kappa shape index (κ1) is 14.2.